The van der Waals surface area contributed by atoms with Gasteiger partial charge in [0.1, 0.15) is 0 Å². The second kappa shape index (κ2) is 9.12. The fourth-order valence-electron chi connectivity index (χ4n) is 2.07. The van der Waals surface area contributed by atoms with Gasteiger partial charge in [-0.15, -0.1) is 0 Å². The molecule has 0 aliphatic rings. The predicted molar refractivity (Wildman–Crippen MR) is 77.9 cm³/mol. The first-order chi connectivity index (χ1) is 8.72. The highest BCUT2D eigenvalue weighted by molar-refractivity contribution is 5.14. The molecule has 0 bridgehead atoms. The van der Waals surface area contributed by atoms with Gasteiger partial charge in [-0.1, -0.05) is 37.3 Å². The van der Waals surface area contributed by atoms with E-state index >= 15 is 0 Å². The first kappa shape index (κ1) is 15.2. The number of aryl methyl sites for hydroxylation is 1. The highest BCUT2D eigenvalue weighted by Crippen LogP contribution is 2.08. The summed E-state index contributed by atoms with van der Waals surface area (Å²) in [5.41, 5.74) is 1.42. The largest absolute Gasteiger partial charge is 0.379 e. The van der Waals surface area contributed by atoms with E-state index in [-0.39, 0.29) is 0 Å². The maximum absolute atomic E-state index is 5.63. The van der Waals surface area contributed by atoms with Crippen LogP contribution in [0.4, 0.5) is 0 Å². The molecule has 0 spiro atoms. The van der Waals surface area contributed by atoms with Gasteiger partial charge in [-0.2, -0.15) is 0 Å². The molecule has 0 saturated heterocycles. The lowest BCUT2D eigenvalue weighted by Crippen LogP contribution is -2.31. The molecule has 1 rings (SSSR count). The second-order valence-electron chi connectivity index (χ2n) is 4.99. The third-order valence-corrected chi connectivity index (χ3v) is 3.03. The Morgan fingerprint density at radius 1 is 1.11 bits per heavy atom. The summed E-state index contributed by atoms with van der Waals surface area (Å²) in [6, 6.07) is 11.3. The topological polar surface area (TPSA) is 21.3 Å². The van der Waals surface area contributed by atoms with Gasteiger partial charge in [0.15, 0.2) is 0 Å². The Labute approximate surface area is 112 Å². The van der Waals surface area contributed by atoms with Gasteiger partial charge >= 0.3 is 0 Å². The minimum absolute atomic E-state index is 0.335. The van der Waals surface area contributed by atoms with Gasteiger partial charge in [-0.3, -0.25) is 0 Å². The molecule has 1 N–H and O–H groups in total. The van der Waals surface area contributed by atoms with E-state index in [1.807, 2.05) is 0 Å². The number of hydrogen-bond acceptors (Lipinski definition) is 2. The van der Waals surface area contributed by atoms with Crippen molar-refractivity contribution in [3.63, 3.8) is 0 Å². The monoisotopic (exact) mass is 249 g/mol. The van der Waals surface area contributed by atoms with Crippen LogP contribution in [0.2, 0.25) is 0 Å². The Balaban J connectivity index is 2.28. The molecule has 0 aliphatic heterocycles. The van der Waals surface area contributed by atoms with Crippen molar-refractivity contribution < 1.29 is 4.74 Å². The van der Waals surface area contributed by atoms with Crippen LogP contribution in [-0.2, 0) is 11.2 Å². The number of hydrogen-bond donors (Lipinski definition) is 1. The molecule has 1 aromatic carbocycles. The molecule has 1 unspecified atom stereocenters. The van der Waals surface area contributed by atoms with Gasteiger partial charge in [0.2, 0.25) is 0 Å². The molecule has 0 saturated carbocycles. The molecule has 0 fully saturated rings. The molecule has 18 heavy (non-hydrogen) atoms. The third kappa shape index (κ3) is 6.77. The SMILES string of the molecule is CCNC(CCOC(C)C)CCc1ccccc1. The van der Waals surface area contributed by atoms with E-state index in [1.54, 1.807) is 0 Å². The van der Waals surface area contributed by atoms with E-state index in [2.05, 4.69) is 56.4 Å². The van der Waals surface area contributed by atoms with Gasteiger partial charge in [-0.25, -0.2) is 0 Å². The van der Waals surface area contributed by atoms with Gasteiger partial charge in [0.05, 0.1) is 6.10 Å². The maximum Gasteiger partial charge on any atom is 0.0518 e. The number of nitrogens with one attached hydrogen (secondary N) is 1. The highest BCUT2D eigenvalue weighted by Gasteiger charge is 2.08. The lowest BCUT2D eigenvalue weighted by atomic mass is 10.0. The molecule has 2 nitrogen and oxygen atoms in total. The fourth-order valence-corrected chi connectivity index (χ4v) is 2.07. The highest BCUT2D eigenvalue weighted by atomic mass is 16.5. The van der Waals surface area contributed by atoms with Crippen molar-refractivity contribution in [2.24, 2.45) is 0 Å². The van der Waals surface area contributed by atoms with Crippen molar-refractivity contribution >= 4 is 0 Å². The van der Waals surface area contributed by atoms with Crippen LogP contribution in [-0.4, -0.2) is 25.3 Å². The minimum atomic E-state index is 0.335. The summed E-state index contributed by atoms with van der Waals surface area (Å²) in [6.07, 6.45) is 3.75. The first-order valence-electron chi connectivity index (χ1n) is 7.11. The predicted octanol–water partition coefficient (Wildman–Crippen LogP) is 3.41. The molecule has 1 aromatic rings. The van der Waals surface area contributed by atoms with E-state index in [1.165, 1.54) is 12.0 Å². The van der Waals surface area contributed by atoms with Crippen LogP contribution >= 0.6 is 0 Å². The van der Waals surface area contributed by atoms with Crippen LogP contribution in [0.15, 0.2) is 30.3 Å². The van der Waals surface area contributed by atoms with Gasteiger partial charge < -0.3 is 10.1 Å². The standard InChI is InChI=1S/C16H27NO/c1-4-17-16(12-13-18-14(2)3)11-10-15-8-6-5-7-9-15/h5-9,14,16-17H,4,10-13H2,1-3H3. The quantitative estimate of drug-likeness (QED) is 0.724. The molecule has 0 amide bonds. The van der Waals surface area contributed by atoms with Crippen LogP contribution in [0, 0.1) is 0 Å². The molecule has 0 heterocycles. The van der Waals surface area contributed by atoms with Crippen LogP contribution in [0.5, 0.6) is 0 Å². The average Bonchev–Trinajstić information content (AvgIpc) is 2.37. The van der Waals surface area contributed by atoms with Crippen LogP contribution in [0.3, 0.4) is 0 Å². The number of ether oxygens (including phenoxy) is 1. The molecule has 0 aromatic heterocycles. The summed E-state index contributed by atoms with van der Waals surface area (Å²) in [7, 11) is 0. The zero-order chi connectivity index (χ0) is 13.2. The molecular weight excluding hydrogens is 222 g/mol. The molecule has 102 valence electrons. The van der Waals surface area contributed by atoms with Crippen molar-refractivity contribution in [2.45, 2.75) is 52.2 Å². The lowest BCUT2D eigenvalue weighted by Gasteiger charge is -2.18. The van der Waals surface area contributed by atoms with Gasteiger partial charge in [0, 0.05) is 12.6 Å². The Bertz CT molecular complexity index is 297. The van der Waals surface area contributed by atoms with Crippen LogP contribution in [0.25, 0.3) is 0 Å². The molecule has 2 heteroatoms. The van der Waals surface area contributed by atoms with Crippen LogP contribution < -0.4 is 5.32 Å². The van der Waals surface area contributed by atoms with Crippen molar-refractivity contribution in [2.75, 3.05) is 13.2 Å². The summed E-state index contributed by atoms with van der Waals surface area (Å²) in [6.45, 7) is 8.22. The number of rotatable bonds is 9. The Morgan fingerprint density at radius 2 is 1.83 bits per heavy atom. The van der Waals surface area contributed by atoms with Crippen molar-refractivity contribution in [1.82, 2.24) is 5.32 Å². The molecule has 0 radical (unpaired) electrons. The van der Waals surface area contributed by atoms with Gasteiger partial charge in [-0.05, 0) is 45.2 Å². The molecule has 0 aliphatic carbocycles. The fraction of sp³-hybridized carbons (Fsp3) is 0.625. The first-order valence-corrected chi connectivity index (χ1v) is 7.11. The summed E-state index contributed by atoms with van der Waals surface area (Å²) < 4.78 is 5.63. The van der Waals surface area contributed by atoms with E-state index in [4.69, 9.17) is 4.74 Å². The minimum Gasteiger partial charge on any atom is -0.379 e. The normalized spacial score (nSPS) is 12.9. The van der Waals surface area contributed by atoms with Crippen LogP contribution in [0.1, 0.15) is 39.2 Å². The summed E-state index contributed by atoms with van der Waals surface area (Å²) in [4.78, 5) is 0. The Hall–Kier alpha value is -0.860. The zero-order valence-corrected chi connectivity index (χ0v) is 12.0. The summed E-state index contributed by atoms with van der Waals surface area (Å²) >= 11 is 0. The third-order valence-electron chi connectivity index (χ3n) is 3.03. The van der Waals surface area contributed by atoms with Crippen molar-refractivity contribution in [3.05, 3.63) is 35.9 Å². The number of benzene rings is 1. The van der Waals surface area contributed by atoms with E-state index in [0.29, 0.717) is 12.1 Å². The maximum atomic E-state index is 5.63. The molecular formula is C16H27NO. The Morgan fingerprint density at radius 3 is 2.44 bits per heavy atom. The smallest absolute Gasteiger partial charge is 0.0518 e. The van der Waals surface area contributed by atoms with Gasteiger partial charge in [0.25, 0.3) is 0 Å². The molecule has 1 atom stereocenters. The average molecular weight is 249 g/mol. The van der Waals surface area contributed by atoms with Crippen molar-refractivity contribution in [1.29, 1.82) is 0 Å². The van der Waals surface area contributed by atoms with E-state index in [9.17, 15) is 0 Å². The second-order valence-corrected chi connectivity index (χ2v) is 4.99. The van der Waals surface area contributed by atoms with E-state index in [0.717, 1.165) is 26.0 Å². The Kier molecular flexibility index (Phi) is 7.70. The summed E-state index contributed by atoms with van der Waals surface area (Å²) in [5, 5.41) is 3.55. The van der Waals surface area contributed by atoms with Crippen molar-refractivity contribution in [3.8, 4) is 0 Å². The summed E-state index contributed by atoms with van der Waals surface area (Å²) in [5.74, 6) is 0. The zero-order valence-electron chi connectivity index (χ0n) is 12.0. The van der Waals surface area contributed by atoms with E-state index < -0.39 is 0 Å². The lowest BCUT2D eigenvalue weighted by molar-refractivity contribution is 0.0711.